The molecule has 0 aromatic rings. The fraction of sp³-hybridized carbons (Fsp3) is 1.00. The zero-order valence-corrected chi connectivity index (χ0v) is 21.2. The Morgan fingerprint density at radius 2 is 1.59 bits per heavy atom. The summed E-state index contributed by atoms with van der Waals surface area (Å²) in [6.07, 6.45) is 7.90. The van der Waals surface area contributed by atoms with Crippen LogP contribution in [0.15, 0.2) is 0 Å². The van der Waals surface area contributed by atoms with Crippen LogP contribution in [0.3, 0.4) is 0 Å². The third-order valence-electron chi connectivity index (χ3n) is 7.15. The number of halogens is 3. The Bertz CT molecular complexity index is 558. The molecule has 0 bridgehead atoms. The van der Waals surface area contributed by atoms with E-state index in [0.717, 1.165) is 52.2 Å². The summed E-state index contributed by atoms with van der Waals surface area (Å²) in [5, 5.41) is 17.7. The fourth-order valence-corrected chi connectivity index (χ4v) is 5.85. The molecule has 5 unspecified atom stereocenters. The van der Waals surface area contributed by atoms with E-state index in [9.17, 15) is 0 Å². The standard InChI is InChI=1S/C21H40Cl3N7O/c22-21(23,24)18-27-19(25-8-5-11-30-9-3-4-10-30)29-20(28-18)26-16-6-1-2-7-17(16)31-12-14-32-15-13-31/h16-20,25-29H,1-15H2. The summed E-state index contributed by atoms with van der Waals surface area (Å²) in [5.41, 5.74) is 0. The van der Waals surface area contributed by atoms with Crippen molar-refractivity contribution in [3.63, 3.8) is 0 Å². The highest BCUT2D eigenvalue weighted by Crippen LogP contribution is 2.30. The van der Waals surface area contributed by atoms with Gasteiger partial charge in [-0.2, -0.15) is 0 Å². The Morgan fingerprint density at radius 3 is 2.34 bits per heavy atom. The number of ether oxygens (including phenoxy) is 1. The number of rotatable bonds is 8. The van der Waals surface area contributed by atoms with Crippen molar-refractivity contribution < 1.29 is 4.74 Å². The molecular weight excluding hydrogens is 473 g/mol. The second-order valence-corrected chi connectivity index (χ2v) is 11.8. The molecule has 4 rings (SSSR count). The van der Waals surface area contributed by atoms with Gasteiger partial charge in [-0.05, 0) is 58.3 Å². The van der Waals surface area contributed by atoms with Crippen LogP contribution in [-0.4, -0.2) is 96.9 Å². The number of morpholine rings is 1. The monoisotopic (exact) mass is 511 g/mol. The Kier molecular flexibility index (Phi) is 10.0. The van der Waals surface area contributed by atoms with E-state index in [-0.39, 0.29) is 12.6 Å². The first-order valence-electron chi connectivity index (χ1n) is 12.4. The molecule has 1 aliphatic carbocycles. The summed E-state index contributed by atoms with van der Waals surface area (Å²) in [6, 6.07) is 0.904. The molecule has 186 valence electrons. The molecule has 5 N–H and O–H groups in total. The van der Waals surface area contributed by atoms with Crippen molar-refractivity contribution in [3.8, 4) is 0 Å². The van der Waals surface area contributed by atoms with Gasteiger partial charge in [0.25, 0.3) is 0 Å². The average molecular weight is 513 g/mol. The highest BCUT2D eigenvalue weighted by atomic mass is 35.6. The molecule has 0 radical (unpaired) electrons. The minimum Gasteiger partial charge on any atom is -0.379 e. The lowest BCUT2D eigenvalue weighted by atomic mass is 9.89. The van der Waals surface area contributed by atoms with Gasteiger partial charge in [0.2, 0.25) is 3.79 Å². The Balaban J connectivity index is 1.31. The predicted molar refractivity (Wildman–Crippen MR) is 131 cm³/mol. The lowest BCUT2D eigenvalue weighted by Gasteiger charge is -2.46. The van der Waals surface area contributed by atoms with E-state index in [1.165, 1.54) is 45.2 Å². The van der Waals surface area contributed by atoms with Crippen LogP contribution in [0.5, 0.6) is 0 Å². The van der Waals surface area contributed by atoms with Crippen molar-refractivity contribution in [2.75, 3.05) is 52.5 Å². The SMILES string of the molecule is ClC(Cl)(Cl)C1NC(NCCCN2CCCC2)NC(NC2CCCCC2N2CCOCC2)N1. The van der Waals surface area contributed by atoms with Gasteiger partial charge in [-0.15, -0.1) is 0 Å². The van der Waals surface area contributed by atoms with Crippen LogP contribution in [0.4, 0.5) is 0 Å². The summed E-state index contributed by atoms with van der Waals surface area (Å²) in [6.45, 7) is 8.17. The third kappa shape index (κ3) is 7.52. The van der Waals surface area contributed by atoms with E-state index in [2.05, 4.69) is 36.4 Å². The van der Waals surface area contributed by atoms with Crippen LogP contribution >= 0.6 is 34.8 Å². The fourth-order valence-electron chi connectivity index (χ4n) is 5.47. The quantitative estimate of drug-likeness (QED) is 0.246. The van der Waals surface area contributed by atoms with Crippen LogP contribution in [0.1, 0.15) is 44.9 Å². The zero-order chi connectivity index (χ0) is 22.4. The van der Waals surface area contributed by atoms with E-state index in [1.54, 1.807) is 0 Å². The molecule has 0 spiro atoms. The number of hydrogen-bond donors (Lipinski definition) is 5. The van der Waals surface area contributed by atoms with Gasteiger partial charge in [0, 0.05) is 25.2 Å². The minimum atomic E-state index is -1.45. The second-order valence-electron chi connectivity index (χ2n) is 9.47. The minimum absolute atomic E-state index is 0.140. The molecule has 0 amide bonds. The zero-order valence-electron chi connectivity index (χ0n) is 18.9. The van der Waals surface area contributed by atoms with Crippen molar-refractivity contribution in [2.45, 2.75) is 79.6 Å². The van der Waals surface area contributed by atoms with Crippen LogP contribution in [0.2, 0.25) is 0 Å². The summed E-state index contributed by atoms with van der Waals surface area (Å²) in [4.78, 5) is 5.12. The van der Waals surface area contributed by atoms with Crippen molar-refractivity contribution >= 4 is 34.8 Å². The topological polar surface area (TPSA) is 75.9 Å². The molecule has 11 heteroatoms. The molecule has 3 heterocycles. The lowest BCUT2D eigenvalue weighted by Crippen LogP contribution is -2.78. The van der Waals surface area contributed by atoms with Crippen molar-refractivity contribution in [3.05, 3.63) is 0 Å². The maximum Gasteiger partial charge on any atom is 0.218 e. The molecule has 5 atom stereocenters. The van der Waals surface area contributed by atoms with Crippen LogP contribution in [0.25, 0.3) is 0 Å². The molecule has 32 heavy (non-hydrogen) atoms. The van der Waals surface area contributed by atoms with Crippen LogP contribution in [0, 0.1) is 0 Å². The maximum atomic E-state index is 6.28. The van der Waals surface area contributed by atoms with Gasteiger partial charge in [-0.25, -0.2) is 0 Å². The van der Waals surface area contributed by atoms with Gasteiger partial charge in [-0.1, -0.05) is 47.6 Å². The van der Waals surface area contributed by atoms with E-state index in [1.807, 2.05) is 0 Å². The molecule has 3 aliphatic heterocycles. The Hall–Kier alpha value is 0.550. The van der Waals surface area contributed by atoms with E-state index in [4.69, 9.17) is 39.5 Å². The van der Waals surface area contributed by atoms with Gasteiger partial charge >= 0.3 is 0 Å². The number of alkyl halides is 3. The third-order valence-corrected chi connectivity index (χ3v) is 7.81. The predicted octanol–water partition coefficient (Wildman–Crippen LogP) is 1.34. The average Bonchev–Trinajstić information content (AvgIpc) is 3.31. The first-order valence-corrected chi connectivity index (χ1v) is 13.5. The number of nitrogens with one attached hydrogen (secondary N) is 5. The normalized spacial score (nSPS) is 35.9. The molecule has 4 fully saturated rings. The first kappa shape index (κ1) is 25.6. The molecule has 8 nitrogen and oxygen atoms in total. The van der Waals surface area contributed by atoms with Crippen molar-refractivity contribution in [1.29, 1.82) is 0 Å². The smallest absolute Gasteiger partial charge is 0.218 e. The van der Waals surface area contributed by atoms with E-state index in [0.29, 0.717) is 12.1 Å². The van der Waals surface area contributed by atoms with E-state index >= 15 is 0 Å². The second kappa shape index (κ2) is 12.5. The largest absolute Gasteiger partial charge is 0.379 e. The number of likely N-dealkylation sites (tertiary alicyclic amines) is 1. The molecule has 1 saturated carbocycles. The summed E-state index contributed by atoms with van der Waals surface area (Å²) in [5.74, 6) is 0. The highest BCUT2D eigenvalue weighted by molar-refractivity contribution is 6.68. The van der Waals surface area contributed by atoms with E-state index < -0.39 is 9.96 Å². The molecule has 3 saturated heterocycles. The van der Waals surface area contributed by atoms with Gasteiger partial charge in [0.1, 0.15) is 18.7 Å². The van der Waals surface area contributed by atoms with Gasteiger partial charge in [0.05, 0.1) is 13.2 Å². The number of nitrogens with zero attached hydrogens (tertiary/aromatic N) is 2. The summed E-state index contributed by atoms with van der Waals surface area (Å²) >= 11 is 18.8. The molecular formula is C21H40Cl3N7O. The van der Waals surface area contributed by atoms with Gasteiger partial charge < -0.3 is 9.64 Å². The first-order chi connectivity index (χ1) is 15.5. The van der Waals surface area contributed by atoms with Crippen molar-refractivity contribution in [1.82, 2.24) is 36.4 Å². The molecule has 0 aromatic heterocycles. The number of hydrogen-bond acceptors (Lipinski definition) is 8. The van der Waals surface area contributed by atoms with Gasteiger partial charge in [0.15, 0.2) is 0 Å². The lowest BCUT2D eigenvalue weighted by molar-refractivity contribution is -0.00482. The van der Waals surface area contributed by atoms with Crippen molar-refractivity contribution in [2.24, 2.45) is 0 Å². The van der Waals surface area contributed by atoms with Crippen LogP contribution in [-0.2, 0) is 4.74 Å². The summed E-state index contributed by atoms with van der Waals surface area (Å²) in [7, 11) is 0. The Morgan fingerprint density at radius 1 is 0.875 bits per heavy atom. The van der Waals surface area contributed by atoms with Crippen LogP contribution < -0.4 is 26.6 Å². The molecule has 0 aromatic carbocycles. The summed E-state index contributed by atoms with van der Waals surface area (Å²) < 4.78 is 4.12. The highest BCUT2D eigenvalue weighted by Gasteiger charge is 2.41. The van der Waals surface area contributed by atoms with Gasteiger partial charge in [-0.3, -0.25) is 31.5 Å². The Labute approximate surface area is 207 Å². The molecule has 4 aliphatic rings. The maximum absolute atomic E-state index is 6.28.